The van der Waals surface area contributed by atoms with Crippen LogP contribution in [0.25, 0.3) is 0 Å². The third-order valence-electron chi connectivity index (χ3n) is 2.73. The van der Waals surface area contributed by atoms with Crippen LogP contribution in [-0.4, -0.2) is 49.1 Å². The maximum Gasteiger partial charge on any atom is 0.191 e. The van der Waals surface area contributed by atoms with E-state index in [2.05, 4.69) is 48.2 Å². The summed E-state index contributed by atoms with van der Waals surface area (Å²) in [5.74, 6) is 0.960. The molecule has 0 aliphatic carbocycles. The van der Waals surface area contributed by atoms with Gasteiger partial charge in [0.05, 0.1) is 6.54 Å². The van der Waals surface area contributed by atoms with Crippen molar-refractivity contribution in [3.05, 3.63) is 0 Å². The number of rotatable bonds is 5. The zero-order chi connectivity index (χ0) is 11.3. The van der Waals surface area contributed by atoms with Crippen molar-refractivity contribution in [1.29, 1.82) is 0 Å². The van der Waals surface area contributed by atoms with Crippen LogP contribution in [0.4, 0.5) is 0 Å². The molecule has 0 aromatic heterocycles. The van der Waals surface area contributed by atoms with Crippen molar-refractivity contribution < 1.29 is 0 Å². The fraction of sp³-hybridized carbons (Fsp3) is 0.909. The lowest BCUT2D eigenvalue weighted by Crippen LogP contribution is -2.42. The first kappa shape index (κ1) is 12.3. The summed E-state index contributed by atoms with van der Waals surface area (Å²) in [6, 6.07) is 1.11. The first-order chi connectivity index (χ1) is 7.13. The second-order valence-electron chi connectivity index (χ2n) is 4.38. The Bertz CT molecular complexity index is 213. The van der Waals surface area contributed by atoms with Gasteiger partial charge in [-0.3, -0.25) is 9.89 Å². The van der Waals surface area contributed by atoms with Gasteiger partial charge in [-0.2, -0.15) is 0 Å². The highest BCUT2D eigenvalue weighted by atomic mass is 15.2. The summed E-state index contributed by atoms with van der Waals surface area (Å²) < 4.78 is 0. The molecular weight excluding hydrogens is 188 g/mol. The smallest absolute Gasteiger partial charge is 0.191 e. The summed E-state index contributed by atoms with van der Waals surface area (Å²) in [6.07, 6.45) is 0. The zero-order valence-corrected chi connectivity index (χ0v) is 10.4. The number of hydrogen-bond donors (Lipinski definition) is 2. The third kappa shape index (κ3) is 4.08. The molecule has 0 radical (unpaired) electrons. The molecule has 1 rings (SSSR count). The van der Waals surface area contributed by atoms with E-state index in [9.17, 15) is 0 Å². The SMILES string of the molecule is CCN(CCNC1=NCC(C)N1)C(C)C. The average Bonchev–Trinajstić information content (AvgIpc) is 2.58. The molecule has 0 saturated carbocycles. The second kappa shape index (κ2) is 5.95. The topological polar surface area (TPSA) is 39.7 Å². The van der Waals surface area contributed by atoms with Crippen LogP contribution in [-0.2, 0) is 0 Å². The first-order valence-corrected chi connectivity index (χ1v) is 5.92. The first-order valence-electron chi connectivity index (χ1n) is 5.92. The van der Waals surface area contributed by atoms with Crippen LogP contribution in [0.5, 0.6) is 0 Å². The lowest BCUT2D eigenvalue weighted by atomic mass is 10.3. The molecule has 0 aromatic carbocycles. The lowest BCUT2D eigenvalue weighted by molar-refractivity contribution is 0.237. The van der Waals surface area contributed by atoms with E-state index in [1.807, 2.05) is 0 Å². The largest absolute Gasteiger partial charge is 0.355 e. The van der Waals surface area contributed by atoms with E-state index in [-0.39, 0.29) is 0 Å². The lowest BCUT2D eigenvalue weighted by Gasteiger charge is -2.24. The minimum absolute atomic E-state index is 0.486. The highest BCUT2D eigenvalue weighted by Gasteiger charge is 2.12. The predicted octanol–water partition coefficient (Wildman–Crippen LogP) is 0.654. The van der Waals surface area contributed by atoms with Gasteiger partial charge in [-0.05, 0) is 27.3 Å². The quantitative estimate of drug-likeness (QED) is 0.703. The van der Waals surface area contributed by atoms with Gasteiger partial charge in [0.25, 0.3) is 0 Å². The highest BCUT2D eigenvalue weighted by Crippen LogP contribution is 1.96. The van der Waals surface area contributed by atoms with Gasteiger partial charge in [0.2, 0.25) is 0 Å². The van der Waals surface area contributed by atoms with Crippen molar-refractivity contribution in [2.45, 2.75) is 39.8 Å². The van der Waals surface area contributed by atoms with Crippen molar-refractivity contribution in [2.24, 2.45) is 4.99 Å². The summed E-state index contributed by atoms with van der Waals surface area (Å²) in [6.45, 7) is 12.8. The molecule has 2 N–H and O–H groups in total. The van der Waals surface area contributed by atoms with Gasteiger partial charge in [-0.1, -0.05) is 6.92 Å². The molecule has 15 heavy (non-hydrogen) atoms. The maximum absolute atomic E-state index is 4.36. The van der Waals surface area contributed by atoms with E-state index < -0.39 is 0 Å². The van der Waals surface area contributed by atoms with E-state index in [4.69, 9.17) is 0 Å². The molecule has 4 heteroatoms. The van der Waals surface area contributed by atoms with E-state index in [0.29, 0.717) is 12.1 Å². The second-order valence-corrected chi connectivity index (χ2v) is 4.38. The van der Waals surface area contributed by atoms with Gasteiger partial charge in [0.1, 0.15) is 0 Å². The molecule has 0 fully saturated rings. The van der Waals surface area contributed by atoms with Crippen LogP contribution < -0.4 is 10.6 Å². The van der Waals surface area contributed by atoms with Gasteiger partial charge in [0.15, 0.2) is 5.96 Å². The zero-order valence-electron chi connectivity index (χ0n) is 10.4. The molecule has 1 aliphatic heterocycles. The fourth-order valence-electron chi connectivity index (χ4n) is 1.76. The van der Waals surface area contributed by atoms with Crippen LogP contribution in [0.15, 0.2) is 4.99 Å². The minimum Gasteiger partial charge on any atom is -0.355 e. The predicted molar refractivity (Wildman–Crippen MR) is 65.3 cm³/mol. The number of likely N-dealkylation sites (N-methyl/N-ethyl adjacent to an activating group) is 1. The molecular formula is C11H24N4. The monoisotopic (exact) mass is 212 g/mol. The van der Waals surface area contributed by atoms with Crippen molar-refractivity contribution >= 4 is 5.96 Å². The van der Waals surface area contributed by atoms with Crippen molar-refractivity contribution in [3.8, 4) is 0 Å². The summed E-state index contributed by atoms with van der Waals surface area (Å²) in [5, 5.41) is 6.62. The molecule has 1 unspecified atom stereocenters. The Kier molecular flexibility index (Phi) is 4.88. The normalized spacial score (nSPS) is 20.7. The van der Waals surface area contributed by atoms with Crippen molar-refractivity contribution in [1.82, 2.24) is 15.5 Å². The third-order valence-corrected chi connectivity index (χ3v) is 2.73. The molecule has 0 bridgehead atoms. The molecule has 0 aromatic rings. The van der Waals surface area contributed by atoms with E-state index in [1.165, 1.54) is 0 Å². The molecule has 1 heterocycles. The number of guanidine groups is 1. The van der Waals surface area contributed by atoms with E-state index in [0.717, 1.165) is 32.1 Å². The average molecular weight is 212 g/mol. The van der Waals surface area contributed by atoms with Gasteiger partial charge in [-0.15, -0.1) is 0 Å². The van der Waals surface area contributed by atoms with Crippen LogP contribution in [0.2, 0.25) is 0 Å². The highest BCUT2D eigenvalue weighted by molar-refractivity contribution is 5.81. The van der Waals surface area contributed by atoms with Gasteiger partial charge in [0, 0.05) is 25.2 Å². The standard InChI is InChI=1S/C11H24N4/c1-5-15(9(2)3)7-6-12-11-13-8-10(4)14-11/h9-10H,5-8H2,1-4H3,(H2,12,13,14). The van der Waals surface area contributed by atoms with E-state index in [1.54, 1.807) is 0 Å². The Morgan fingerprint density at radius 2 is 2.33 bits per heavy atom. The summed E-state index contributed by atoms with van der Waals surface area (Å²) in [7, 11) is 0. The Labute approximate surface area is 93.1 Å². The Hall–Kier alpha value is -0.770. The summed E-state index contributed by atoms with van der Waals surface area (Å²) in [5.41, 5.74) is 0. The Balaban J connectivity index is 2.15. The molecule has 0 amide bonds. The number of aliphatic imine (C=N–C) groups is 1. The van der Waals surface area contributed by atoms with E-state index >= 15 is 0 Å². The molecule has 1 aliphatic rings. The maximum atomic E-state index is 4.36. The number of nitrogens with zero attached hydrogens (tertiary/aromatic N) is 2. The van der Waals surface area contributed by atoms with Gasteiger partial charge >= 0.3 is 0 Å². The molecule has 0 saturated heterocycles. The molecule has 0 spiro atoms. The Morgan fingerprint density at radius 3 is 2.80 bits per heavy atom. The fourth-order valence-corrected chi connectivity index (χ4v) is 1.76. The van der Waals surface area contributed by atoms with Crippen LogP contribution in [0.3, 0.4) is 0 Å². The number of hydrogen-bond acceptors (Lipinski definition) is 4. The minimum atomic E-state index is 0.486. The van der Waals surface area contributed by atoms with Gasteiger partial charge in [-0.25, -0.2) is 0 Å². The molecule has 4 nitrogen and oxygen atoms in total. The molecule has 1 atom stereocenters. The number of nitrogens with one attached hydrogen (secondary N) is 2. The summed E-state index contributed by atoms with van der Waals surface area (Å²) >= 11 is 0. The van der Waals surface area contributed by atoms with Gasteiger partial charge < -0.3 is 10.6 Å². The van der Waals surface area contributed by atoms with Crippen LogP contribution in [0, 0.1) is 0 Å². The van der Waals surface area contributed by atoms with Crippen molar-refractivity contribution in [3.63, 3.8) is 0 Å². The van der Waals surface area contributed by atoms with Crippen molar-refractivity contribution in [2.75, 3.05) is 26.2 Å². The summed E-state index contributed by atoms with van der Waals surface area (Å²) in [4.78, 5) is 6.80. The Morgan fingerprint density at radius 1 is 1.60 bits per heavy atom. The molecule has 88 valence electrons. The van der Waals surface area contributed by atoms with Crippen LogP contribution >= 0.6 is 0 Å². The van der Waals surface area contributed by atoms with Crippen LogP contribution in [0.1, 0.15) is 27.7 Å².